The molecule has 0 atom stereocenters. The van der Waals surface area contributed by atoms with E-state index >= 15 is 0 Å². The number of thiophene rings is 1. The number of rotatable bonds is 3. The van der Waals surface area contributed by atoms with E-state index in [9.17, 15) is 9.18 Å². The Balaban J connectivity index is 1.53. The number of carbonyl (C=O) groups is 1. The lowest BCUT2D eigenvalue weighted by Crippen LogP contribution is -2.14. The van der Waals surface area contributed by atoms with Crippen LogP contribution in [0.15, 0.2) is 48.5 Å². The SMILES string of the molecule is Cc1cc(NC(=O)c2sc3ccccc3c2Cl)n(-c2nc3ccc(F)cc3s2)n1. The van der Waals surface area contributed by atoms with Crippen LogP contribution in [-0.2, 0) is 0 Å². The van der Waals surface area contributed by atoms with Crippen LogP contribution in [0.2, 0.25) is 5.02 Å². The van der Waals surface area contributed by atoms with Gasteiger partial charge < -0.3 is 5.32 Å². The van der Waals surface area contributed by atoms with E-state index in [1.165, 1.54) is 34.8 Å². The summed E-state index contributed by atoms with van der Waals surface area (Å²) >= 11 is 9.06. The normalized spacial score (nSPS) is 11.4. The van der Waals surface area contributed by atoms with E-state index in [1.54, 1.807) is 16.8 Å². The average molecular weight is 443 g/mol. The summed E-state index contributed by atoms with van der Waals surface area (Å²) in [5, 5.41) is 9.14. The molecule has 2 aromatic carbocycles. The van der Waals surface area contributed by atoms with Gasteiger partial charge in [0.25, 0.3) is 5.91 Å². The number of nitrogens with zero attached hydrogens (tertiary/aromatic N) is 3. The molecule has 29 heavy (non-hydrogen) atoms. The molecule has 0 unspecified atom stereocenters. The third-order valence-electron chi connectivity index (χ3n) is 4.33. The smallest absolute Gasteiger partial charge is 0.268 e. The summed E-state index contributed by atoms with van der Waals surface area (Å²) in [6, 6.07) is 13.8. The van der Waals surface area contributed by atoms with E-state index in [-0.39, 0.29) is 11.7 Å². The van der Waals surface area contributed by atoms with Gasteiger partial charge in [-0.3, -0.25) is 4.79 Å². The first-order valence-electron chi connectivity index (χ1n) is 8.61. The van der Waals surface area contributed by atoms with Crippen LogP contribution < -0.4 is 5.32 Å². The summed E-state index contributed by atoms with van der Waals surface area (Å²) in [6.07, 6.45) is 0. The van der Waals surface area contributed by atoms with Gasteiger partial charge in [-0.15, -0.1) is 11.3 Å². The zero-order chi connectivity index (χ0) is 20.1. The fraction of sp³-hybridized carbons (Fsp3) is 0.0500. The molecule has 5 rings (SSSR count). The fourth-order valence-electron chi connectivity index (χ4n) is 3.04. The van der Waals surface area contributed by atoms with Crippen LogP contribution in [0.1, 0.15) is 15.4 Å². The van der Waals surface area contributed by atoms with Crippen molar-refractivity contribution < 1.29 is 9.18 Å². The first-order chi connectivity index (χ1) is 14.0. The maximum absolute atomic E-state index is 13.5. The number of amides is 1. The Bertz CT molecular complexity index is 1400. The molecule has 0 spiro atoms. The highest BCUT2D eigenvalue weighted by Crippen LogP contribution is 2.36. The number of fused-ring (bicyclic) bond motifs is 2. The first kappa shape index (κ1) is 18.2. The van der Waals surface area contributed by atoms with Crippen molar-refractivity contribution in [2.24, 2.45) is 0 Å². The Morgan fingerprint density at radius 1 is 1.14 bits per heavy atom. The number of anilines is 1. The second-order valence-electron chi connectivity index (χ2n) is 6.39. The van der Waals surface area contributed by atoms with Crippen molar-refractivity contribution in [2.75, 3.05) is 5.32 Å². The highest BCUT2D eigenvalue weighted by atomic mass is 35.5. The number of aryl methyl sites for hydroxylation is 1. The predicted molar refractivity (Wildman–Crippen MR) is 116 cm³/mol. The zero-order valence-corrected chi connectivity index (χ0v) is 17.3. The molecular formula is C20H12ClFN4OS2. The van der Waals surface area contributed by atoms with Gasteiger partial charge >= 0.3 is 0 Å². The molecule has 5 nitrogen and oxygen atoms in total. The molecule has 3 aromatic heterocycles. The number of thiazole rings is 1. The average Bonchev–Trinajstić information content (AvgIpc) is 3.37. The van der Waals surface area contributed by atoms with E-state index in [2.05, 4.69) is 15.4 Å². The summed E-state index contributed by atoms with van der Waals surface area (Å²) in [6.45, 7) is 1.82. The summed E-state index contributed by atoms with van der Waals surface area (Å²) in [4.78, 5) is 17.9. The lowest BCUT2D eigenvalue weighted by molar-refractivity contribution is 0.103. The van der Waals surface area contributed by atoms with E-state index in [0.717, 1.165) is 10.1 Å². The number of aromatic nitrogens is 3. The van der Waals surface area contributed by atoms with Crippen molar-refractivity contribution in [2.45, 2.75) is 6.92 Å². The number of halogens is 2. The molecule has 0 saturated carbocycles. The number of hydrogen-bond acceptors (Lipinski definition) is 5. The molecule has 0 aliphatic heterocycles. The van der Waals surface area contributed by atoms with Crippen molar-refractivity contribution in [1.82, 2.24) is 14.8 Å². The summed E-state index contributed by atoms with van der Waals surface area (Å²) in [5.74, 6) is -0.165. The fourth-order valence-corrected chi connectivity index (χ4v) is 5.41. The van der Waals surface area contributed by atoms with Crippen LogP contribution >= 0.6 is 34.3 Å². The Kier molecular flexibility index (Phi) is 4.34. The monoisotopic (exact) mass is 442 g/mol. The van der Waals surface area contributed by atoms with Crippen LogP contribution in [0.25, 0.3) is 25.4 Å². The minimum Gasteiger partial charge on any atom is -0.306 e. The van der Waals surface area contributed by atoms with Gasteiger partial charge in [-0.25, -0.2) is 9.37 Å². The van der Waals surface area contributed by atoms with Crippen LogP contribution in [-0.4, -0.2) is 20.7 Å². The van der Waals surface area contributed by atoms with Crippen molar-refractivity contribution >= 4 is 66.3 Å². The van der Waals surface area contributed by atoms with Crippen molar-refractivity contribution in [3.8, 4) is 5.13 Å². The van der Waals surface area contributed by atoms with Gasteiger partial charge in [0, 0.05) is 16.2 Å². The molecule has 144 valence electrons. The highest BCUT2D eigenvalue weighted by molar-refractivity contribution is 7.21. The second-order valence-corrected chi connectivity index (χ2v) is 8.83. The Morgan fingerprint density at radius 3 is 2.79 bits per heavy atom. The molecule has 1 N–H and O–H groups in total. The second kappa shape index (κ2) is 6.91. The molecule has 0 bridgehead atoms. The standard InChI is InChI=1S/C20H12ClFN4OS2/c1-10-8-16(24-19(27)18-17(21)12-4-2-3-5-14(12)28-18)26(25-10)20-23-13-7-6-11(22)9-15(13)29-20/h2-9H,1H3,(H,24,27). The Hall–Kier alpha value is -2.81. The molecule has 0 radical (unpaired) electrons. The summed E-state index contributed by atoms with van der Waals surface area (Å²) in [5.41, 5.74) is 1.39. The van der Waals surface area contributed by atoms with Crippen LogP contribution in [0.4, 0.5) is 10.2 Å². The van der Waals surface area contributed by atoms with Gasteiger partial charge in [0.15, 0.2) is 0 Å². The van der Waals surface area contributed by atoms with Crippen molar-refractivity contribution in [1.29, 1.82) is 0 Å². The molecule has 0 saturated heterocycles. The van der Waals surface area contributed by atoms with Gasteiger partial charge in [0.1, 0.15) is 16.5 Å². The maximum atomic E-state index is 13.5. The van der Waals surface area contributed by atoms with E-state index in [4.69, 9.17) is 11.6 Å². The Labute approximate surface area is 177 Å². The minimum atomic E-state index is -0.322. The van der Waals surface area contributed by atoms with Gasteiger partial charge in [-0.05, 0) is 31.2 Å². The maximum Gasteiger partial charge on any atom is 0.268 e. The summed E-state index contributed by atoms with van der Waals surface area (Å²) in [7, 11) is 0. The molecule has 9 heteroatoms. The molecule has 0 aliphatic carbocycles. The van der Waals surface area contributed by atoms with Gasteiger partial charge in [-0.1, -0.05) is 41.1 Å². The molecule has 5 aromatic rings. The molecule has 1 amide bonds. The predicted octanol–water partition coefficient (Wildman–Crippen LogP) is 6.05. The topological polar surface area (TPSA) is 59.8 Å². The van der Waals surface area contributed by atoms with Crippen LogP contribution in [0, 0.1) is 12.7 Å². The van der Waals surface area contributed by atoms with Crippen molar-refractivity contribution in [3.05, 3.63) is 69.9 Å². The first-order valence-corrected chi connectivity index (χ1v) is 10.6. The largest absolute Gasteiger partial charge is 0.306 e. The van der Waals surface area contributed by atoms with E-state index in [1.807, 2.05) is 31.2 Å². The Morgan fingerprint density at radius 2 is 1.97 bits per heavy atom. The van der Waals surface area contributed by atoms with Gasteiger partial charge in [-0.2, -0.15) is 9.78 Å². The van der Waals surface area contributed by atoms with E-state index < -0.39 is 0 Å². The lowest BCUT2D eigenvalue weighted by atomic mass is 10.2. The van der Waals surface area contributed by atoms with Crippen LogP contribution in [0.3, 0.4) is 0 Å². The zero-order valence-electron chi connectivity index (χ0n) is 14.9. The number of nitrogens with one attached hydrogen (secondary N) is 1. The molecule has 0 aliphatic rings. The number of carbonyl (C=O) groups excluding carboxylic acids is 1. The highest BCUT2D eigenvalue weighted by Gasteiger charge is 2.20. The minimum absolute atomic E-state index is 0.315. The number of benzene rings is 2. The van der Waals surface area contributed by atoms with Gasteiger partial charge in [0.2, 0.25) is 5.13 Å². The third kappa shape index (κ3) is 3.19. The van der Waals surface area contributed by atoms with Crippen molar-refractivity contribution in [3.63, 3.8) is 0 Å². The van der Waals surface area contributed by atoms with Crippen LogP contribution in [0.5, 0.6) is 0 Å². The van der Waals surface area contributed by atoms with E-state index in [0.29, 0.717) is 36.8 Å². The quantitative estimate of drug-likeness (QED) is 0.370. The lowest BCUT2D eigenvalue weighted by Gasteiger charge is -2.05. The third-order valence-corrected chi connectivity index (χ3v) is 7.00. The van der Waals surface area contributed by atoms with Gasteiger partial charge in [0.05, 0.1) is 20.9 Å². The number of hydrogen-bond donors (Lipinski definition) is 1. The molecular weight excluding hydrogens is 431 g/mol. The molecule has 0 fully saturated rings. The summed E-state index contributed by atoms with van der Waals surface area (Å²) < 4.78 is 16.7. The molecule has 3 heterocycles.